The molecule has 0 spiro atoms. The molecule has 0 fully saturated rings. The van der Waals surface area contributed by atoms with Crippen molar-refractivity contribution in [3.63, 3.8) is 0 Å². The average Bonchev–Trinajstić information content (AvgIpc) is 2.69. The minimum atomic E-state index is 0.699. The molecule has 0 radical (unpaired) electrons. The number of imidazole rings is 1. The summed E-state index contributed by atoms with van der Waals surface area (Å²) in [5, 5.41) is 3.25. The molecule has 0 aliphatic heterocycles. The van der Waals surface area contributed by atoms with E-state index >= 15 is 0 Å². The number of aromatic nitrogens is 4. The monoisotopic (exact) mass is 232 g/mol. The Labute approximate surface area is 100 Å². The van der Waals surface area contributed by atoms with Crippen LogP contribution in [-0.2, 0) is 13.6 Å². The molecule has 2 rings (SSSR count). The normalized spacial score (nSPS) is 10.3. The Bertz CT molecular complexity index is 476. The van der Waals surface area contributed by atoms with Crippen molar-refractivity contribution in [2.75, 3.05) is 24.3 Å². The molecule has 0 amide bonds. The number of nitrogens with one attached hydrogen (secondary N) is 1. The highest BCUT2D eigenvalue weighted by Gasteiger charge is 2.07. The fraction of sp³-hybridized carbons (Fsp3) is 0.364. The number of anilines is 2. The molecule has 2 aromatic rings. The molecule has 2 heterocycles. The highest BCUT2D eigenvalue weighted by atomic mass is 15.3. The number of hydrogen-bond donors (Lipinski definition) is 1. The van der Waals surface area contributed by atoms with Crippen LogP contribution in [-0.4, -0.2) is 33.6 Å². The molecule has 90 valence electrons. The Hall–Kier alpha value is -2.11. The lowest BCUT2D eigenvalue weighted by atomic mass is 10.4. The first-order valence-electron chi connectivity index (χ1n) is 5.35. The van der Waals surface area contributed by atoms with E-state index < -0.39 is 0 Å². The van der Waals surface area contributed by atoms with E-state index in [1.165, 1.54) is 6.33 Å². The van der Waals surface area contributed by atoms with Crippen molar-refractivity contribution in [1.82, 2.24) is 19.5 Å². The Morgan fingerprint density at radius 1 is 1.24 bits per heavy atom. The summed E-state index contributed by atoms with van der Waals surface area (Å²) in [5.41, 5.74) is 2.01. The molecule has 6 heteroatoms. The molecule has 0 saturated carbocycles. The summed E-state index contributed by atoms with van der Waals surface area (Å²) < 4.78 is 2.05. The van der Waals surface area contributed by atoms with E-state index in [0.717, 1.165) is 17.3 Å². The van der Waals surface area contributed by atoms with Crippen LogP contribution >= 0.6 is 0 Å². The van der Waals surface area contributed by atoms with Crippen molar-refractivity contribution in [3.8, 4) is 0 Å². The van der Waals surface area contributed by atoms with Crippen molar-refractivity contribution in [2.24, 2.45) is 7.05 Å². The van der Waals surface area contributed by atoms with Gasteiger partial charge in [-0.1, -0.05) is 0 Å². The van der Waals surface area contributed by atoms with Crippen LogP contribution < -0.4 is 10.2 Å². The molecule has 0 aliphatic rings. The highest BCUT2D eigenvalue weighted by Crippen LogP contribution is 2.12. The molecule has 1 N–H and O–H groups in total. The van der Waals surface area contributed by atoms with Gasteiger partial charge in [0, 0.05) is 21.1 Å². The third kappa shape index (κ3) is 2.52. The predicted octanol–water partition coefficient (Wildman–Crippen LogP) is 0.888. The summed E-state index contributed by atoms with van der Waals surface area (Å²) in [7, 11) is 5.95. The molecule has 17 heavy (non-hydrogen) atoms. The summed E-state index contributed by atoms with van der Waals surface area (Å²) in [6, 6.07) is 0. The van der Waals surface area contributed by atoms with Crippen LogP contribution in [0.15, 0.2) is 24.9 Å². The highest BCUT2D eigenvalue weighted by molar-refractivity contribution is 5.38. The molecular weight excluding hydrogens is 216 g/mol. The molecule has 6 nitrogen and oxygen atoms in total. The Balaban J connectivity index is 2.05. The molecule has 0 aliphatic carbocycles. The van der Waals surface area contributed by atoms with Crippen molar-refractivity contribution >= 4 is 11.6 Å². The second-order valence-corrected chi connectivity index (χ2v) is 3.98. The first kappa shape index (κ1) is 11.4. The predicted molar refractivity (Wildman–Crippen MR) is 66.9 cm³/mol. The minimum absolute atomic E-state index is 0.699. The van der Waals surface area contributed by atoms with Crippen LogP contribution in [0.5, 0.6) is 0 Å². The maximum Gasteiger partial charge on any atom is 0.204 e. The second kappa shape index (κ2) is 4.82. The molecule has 0 aromatic carbocycles. The SMILES string of the molecule is CN(C)c1ncc(CNc2cncnc2)n1C. The summed E-state index contributed by atoms with van der Waals surface area (Å²) in [5.74, 6) is 0.936. The van der Waals surface area contributed by atoms with Gasteiger partial charge in [-0.05, 0) is 0 Å². The standard InChI is InChI=1S/C11H16N6/c1-16(2)11-15-7-10(17(11)3)6-14-9-4-12-8-13-5-9/h4-5,7-8,14H,6H2,1-3H3. The average molecular weight is 232 g/mol. The third-order valence-electron chi connectivity index (χ3n) is 2.49. The van der Waals surface area contributed by atoms with Gasteiger partial charge in [-0.3, -0.25) is 0 Å². The van der Waals surface area contributed by atoms with Crippen molar-refractivity contribution in [2.45, 2.75) is 6.54 Å². The van der Waals surface area contributed by atoms with Gasteiger partial charge in [-0.2, -0.15) is 0 Å². The maximum absolute atomic E-state index is 4.35. The smallest absolute Gasteiger partial charge is 0.204 e. The topological polar surface area (TPSA) is 58.9 Å². The maximum atomic E-state index is 4.35. The van der Waals surface area contributed by atoms with Crippen LogP contribution in [0.1, 0.15) is 5.69 Å². The Kier molecular flexibility index (Phi) is 3.22. The van der Waals surface area contributed by atoms with E-state index in [4.69, 9.17) is 0 Å². The zero-order valence-corrected chi connectivity index (χ0v) is 10.3. The number of nitrogens with zero attached hydrogens (tertiary/aromatic N) is 5. The molecule has 0 unspecified atom stereocenters. The van der Waals surface area contributed by atoms with Gasteiger partial charge in [0.05, 0.1) is 36.5 Å². The number of hydrogen-bond acceptors (Lipinski definition) is 5. The zero-order valence-electron chi connectivity index (χ0n) is 10.3. The molecule has 0 atom stereocenters. The first-order chi connectivity index (χ1) is 8.18. The van der Waals surface area contributed by atoms with E-state index in [0.29, 0.717) is 6.54 Å². The van der Waals surface area contributed by atoms with Crippen LogP contribution in [0.3, 0.4) is 0 Å². The summed E-state index contributed by atoms with van der Waals surface area (Å²) >= 11 is 0. The van der Waals surface area contributed by atoms with Crippen LogP contribution in [0.4, 0.5) is 11.6 Å². The van der Waals surface area contributed by atoms with E-state index in [1.807, 2.05) is 32.2 Å². The third-order valence-corrected chi connectivity index (χ3v) is 2.49. The van der Waals surface area contributed by atoms with Crippen molar-refractivity contribution in [1.29, 1.82) is 0 Å². The Morgan fingerprint density at radius 2 is 1.94 bits per heavy atom. The van der Waals surface area contributed by atoms with Crippen LogP contribution in [0, 0.1) is 0 Å². The van der Waals surface area contributed by atoms with E-state index in [9.17, 15) is 0 Å². The lowest BCUT2D eigenvalue weighted by molar-refractivity contribution is 0.813. The van der Waals surface area contributed by atoms with Crippen molar-refractivity contribution < 1.29 is 0 Å². The van der Waals surface area contributed by atoms with Gasteiger partial charge < -0.3 is 14.8 Å². The second-order valence-electron chi connectivity index (χ2n) is 3.98. The van der Waals surface area contributed by atoms with Gasteiger partial charge in [0.2, 0.25) is 5.95 Å². The van der Waals surface area contributed by atoms with E-state index in [1.54, 1.807) is 12.4 Å². The van der Waals surface area contributed by atoms with Crippen LogP contribution in [0.2, 0.25) is 0 Å². The lowest BCUT2D eigenvalue weighted by Gasteiger charge is -2.13. The lowest BCUT2D eigenvalue weighted by Crippen LogP contribution is -2.15. The quantitative estimate of drug-likeness (QED) is 0.848. The van der Waals surface area contributed by atoms with E-state index in [2.05, 4.69) is 24.8 Å². The summed E-state index contributed by atoms with van der Waals surface area (Å²) in [4.78, 5) is 14.2. The van der Waals surface area contributed by atoms with Gasteiger partial charge in [-0.25, -0.2) is 15.0 Å². The fourth-order valence-corrected chi connectivity index (χ4v) is 1.60. The van der Waals surface area contributed by atoms with Gasteiger partial charge in [0.15, 0.2) is 0 Å². The molecule has 0 bridgehead atoms. The van der Waals surface area contributed by atoms with Gasteiger partial charge >= 0.3 is 0 Å². The molecule has 2 aromatic heterocycles. The van der Waals surface area contributed by atoms with E-state index in [-0.39, 0.29) is 0 Å². The largest absolute Gasteiger partial charge is 0.377 e. The fourth-order valence-electron chi connectivity index (χ4n) is 1.60. The zero-order chi connectivity index (χ0) is 12.3. The molecule has 0 saturated heterocycles. The van der Waals surface area contributed by atoms with Crippen molar-refractivity contribution in [3.05, 3.63) is 30.6 Å². The summed E-state index contributed by atoms with van der Waals surface area (Å²) in [6.07, 6.45) is 6.87. The van der Waals surface area contributed by atoms with Gasteiger partial charge in [0.1, 0.15) is 6.33 Å². The minimum Gasteiger partial charge on any atom is -0.377 e. The van der Waals surface area contributed by atoms with Gasteiger partial charge in [-0.15, -0.1) is 0 Å². The summed E-state index contributed by atoms with van der Waals surface area (Å²) in [6.45, 7) is 0.699. The van der Waals surface area contributed by atoms with Gasteiger partial charge in [0.25, 0.3) is 0 Å². The number of rotatable bonds is 4. The Morgan fingerprint density at radius 3 is 2.53 bits per heavy atom. The molecular formula is C11H16N6. The van der Waals surface area contributed by atoms with Crippen LogP contribution in [0.25, 0.3) is 0 Å². The first-order valence-corrected chi connectivity index (χ1v) is 5.35.